The Morgan fingerprint density at radius 2 is 2.23 bits per heavy atom. The number of hydrogen-bond acceptors (Lipinski definition) is 6. The highest BCUT2D eigenvalue weighted by Gasteiger charge is 2.14. The summed E-state index contributed by atoms with van der Waals surface area (Å²) >= 11 is 5.78. The second-order valence-electron chi connectivity index (χ2n) is 5.43. The van der Waals surface area contributed by atoms with Crippen LogP contribution in [0, 0.1) is 5.82 Å². The number of amides is 1. The number of pyridine rings is 1. The van der Waals surface area contributed by atoms with Gasteiger partial charge in [0.1, 0.15) is 22.8 Å². The van der Waals surface area contributed by atoms with Crippen molar-refractivity contribution in [2.45, 2.75) is 12.0 Å². The van der Waals surface area contributed by atoms with Crippen LogP contribution in [0.15, 0.2) is 53.4 Å². The van der Waals surface area contributed by atoms with Crippen molar-refractivity contribution in [1.29, 1.82) is 0 Å². The molecule has 26 heavy (non-hydrogen) atoms. The summed E-state index contributed by atoms with van der Waals surface area (Å²) in [4.78, 5) is 20.1. The van der Waals surface area contributed by atoms with E-state index in [1.165, 1.54) is 30.6 Å². The molecule has 7 nitrogen and oxygen atoms in total. The van der Waals surface area contributed by atoms with E-state index in [0.717, 1.165) is 0 Å². The first-order chi connectivity index (χ1) is 12.5. The summed E-state index contributed by atoms with van der Waals surface area (Å²) in [6, 6.07) is 7.77. The van der Waals surface area contributed by atoms with E-state index in [1.807, 2.05) is 0 Å². The Bertz CT molecular complexity index is 885. The number of aliphatic imine (C=N–C) groups is 1. The number of nitrogens with zero attached hydrogens (tertiary/aromatic N) is 2. The first kappa shape index (κ1) is 17.7. The topological polar surface area (TPSA) is 104 Å². The predicted octanol–water partition coefficient (Wildman–Crippen LogP) is 2.43. The Hall–Kier alpha value is -3.13. The van der Waals surface area contributed by atoms with Crippen LogP contribution in [-0.2, 0) is 11.3 Å². The van der Waals surface area contributed by atoms with Crippen LogP contribution in [0.3, 0.4) is 0 Å². The van der Waals surface area contributed by atoms with Gasteiger partial charge in [0.05, 0.1) is 5.69 Å². The van der Waals surface area contributed by atoms with E-state index in [-0.39, 0.29) is 12.2 Å². The number of nitrogens with two attached hydrogens (primary N) is 1. The molecule has 0 aliphatic carbocycles. The minimum atomic E-state index is -0.449. The van der Waals surface area contributed by atoms with Gasteiger partial charge in [-0.1, -0.05) is 11.6 Å². The van der Waals surface area contributed by atoms with Crippen molar-refractivity contribution >= 4 is 40.9 Å². The van der Waals surface area contributed by atoms with Gasteiger partial charge in [-0.15, -0.1) is 0 Å². The van der Waals surface area contributed by atoms with Gasteiger partial charge in [0.2, 0.25) is 0 Å². The van der Waals surface area contributed by atoms with Crippen LogP contribution < -0.4 is 21.7 Å². The summed E-state index contributed by atoms with van der Waals surface area (Å²) in [6.07, 6.45) is 4.40. The average Bonchev–Trinajstić information content (AvgIpc) is 2.64. The van der Waals surface area contributed by atoms with Crippen molar-refractivity contribution < 1.29 is 9.18 Å². The van der Waals surface area contributed by atoms with Crippen molar-refractivity contribution in [1.82, 2.24) is 10.3 Å². The maximum atomic E-state index is 14.0. The lowest BCUT2D eigenvalue weighted by Crippen LogP contribution is -2.26. The lowest BCUT2D eigenvalue weighted by atomic mass is 10.1. The number of carbonyl (C=O) groups excluding carboxylic acids is 1. The summed E-state index contributed by atoms with van der Waals surface area (Å²) in [5.41, 5.74) is 6.89. The monoisotopic (exact) mass is 374 g/mol. The van der Waals surface area contributed by atoms with Crippen molar-refractivity contribution in [3.8, 4) is 0 Å². The molecular formula is C17H16ClFN6O. The molecule has 0 bridgehead atoms. The second kappa shape index (κ2) is 7.83. The van der Waals surface area contributed by atoms with Gasteiger partial charge >= 0.3 is 0 Å². The molecule has 134 valence electrons. The Balaban J connectivity index is 1.68. The summed E-state index contributed by atoms with van der Waals surface area (Å²) in [5.74, 6) is -0.511. The molecule has 1 unspecified atom stereocenters. The molecule has 0 spiro atoms. The van der Waals surface area contributed by atoms with Gasteiger partial charge in [-0.05, 0) is 30.3 Å². The van der Waals surface area contributed by atoms with Crippen molar-refractivity contribution in [2.24, 2.45) is 4.99 Å². The van der Waals surface area contributed by atoms with Crippen LogP contribution in [-0.4, -0.2) is 22.6 Å². The molecule has 0 saturated carbocycles. The van der Waals surface area contributed by atoms with Crippen LogP contribution in [0.25, 0.3) is 0 Å². The van der Waals surface area contributed by atoms with E-state index in [2.05, 4.69) is 25.9 Å². The van der Waals surface area contributed by atoms with Crippen LogP contribution in [0.1, 0.15) is 5.56 Å². The number of halogens is 2. The molecule has 1 atom stereocenters. The summed E-state index contributed by atoms with van der Waals surface area (Å²) < 4.78 is 14.0. The molecule has 2 heterocycles. The van der Waals surface area contributed by atoms with Gasteiger partial charge in [-0.25, -0.2) is 9.37 Å². The molecule has 1 aliphatic heterocycles. The van der Waals surface area contributed by atoms with Crippen molar-refractivity contribution in [2.75, 3.05) is 16.4 Å². The largest absolute Gasteiger partial charge is 0.382 e. The molecule has 0 saturated heterocycles. The highest BCUT2D eigenvalue weighted by atomic mass is 35.5. The summed E-state index contributed by atoms with van der Waals surface area (Å²) in [5, 5.41) is 8.46. The molecular weight excluding hydrogens is 359 g/mol. The Labute approximate surface area is 154 Å². The third kappa shape index (κ3) is 4.28. The van der Waals surface area contributed by atoms with Crippen molar-refractivity contribution in [3.63, 3.8) is 0 Å². The summed E-state index contributed by atoms with van der Waals surface area (Å²) in [6.45, 7) is 0.182. The zero-order valence-corrected chi connectivity index (χ0v) is 14.3. The van der Waals surface area contributed by atoms with E-state index < -0.39 is 17.2 Å². The molecule has 1 aliphatic rings. The molecule has 1 aromatic heterocycles. The predicted molar refractivity (Wildman–Crippen MR) is 100 cm³/mol. The number of hydrogen-bond donors (Lipinski definition) is 4. The third-order valence-corrected chi connectivity index (χ3v) is 3.81. The quantitative estimate of drug-likeness (QED) is 0.475. The first-order valence-electron chi connectivity index (χ1n) is 7.71. The highest BCUT2D eigenvalue weighted by molar-refractivity contribution is 6.28. The van der Waals surface area contributed by atoms with Crippen LogP contribution >= 0.6 is 11.6 Å². The Kier molecular flexibility index (Phi) is 5.33. The maximum Gasteiger partial charge on any atom is 0.275 e. The van der Waals surface area contributed by atoms with Gasteiger partial charge in [-0.3, -0.25) is 9.79 Å². The molecule has 2 aromatic rings. The zero-order chi connectivity index (χ0) is 18.5. The maximum absolute atomic E-state index is 14.0. The minimum absolute atomic E-state index is 0.175. The minimum Gasteiger partial charge on any atom is -0.382 e. The summed E-state index contributed by atoms with van der Waals surface area (Å²) in [7, 11) is 0. The van der Waals surface area contributed by atoms with Gasteiger partial charge in [-0.2, -0.15) is 0 Å². The zero-order valence-electron chi connectivity index (χ0n) is 13.5. The van der Waals surface area contributed by atoms with E-state index in [9.17, 15) is 9.18 Å². The fourth-order valence-electron chi connectivity index (χ4n) is 2.25. The molecule has 9 heteroatoms. The van der Waals surface area contributed by atoms with Gasteiger partial charge in [0, 0.05) is 36.4 Å². The molecule has 5 N–H and O–H groups in total. The van der Waals surface area contributed by atoms with Crippen LogP contribution in [0.4, 0.5) is 21.6 Å². The first-order valence-corrected chi connectivity index (χ1v) is 8.15. The molecule has 0 radical (unpaired) electrons. The Morgan fingerprint density at radius 3 is 2.96 bits per heavy atom. The molecule has 1 amide bonds. The number of nitrogens with one attached hydrogen (secondary N) is 3. The van der Waals surface area contributed by atoms with E-state index in [0.29, 0.717) is 22.8 Å². The normalized spacial score (nSPS) is 15.8. The van der Waals surface area contributed by atoms with E-state index >= 15 is 0 Å². The van der Waals surface area contributed by atoms with Crippen LogP contribution in [0.5, 0.6) is 0 Å². The lowest BCUT2D eigenvalue weighted by Gasteiger charge is -2.13. The number of aromatic nitrogens is 1. The number of carbonyl (C=O) groups is 1. The second-order valence-corrected chi connectivity index (χ2v) is 5.90. The molecule has 1 aromatic carbocycles. The Morgan fingerprint density at radius 1 is 1.38 bits per heavy atom. The fraction of sp³-hybridized carbons (Fsp3) is 0.118. The van der Waals surface area contributed by atoms with E-state index in [4.69, 9.17) is 17.3 Å². The highest BCUT2D eigenvalue weighted by Crippen LogP contribution is 2.19. The molecule has 0 fully saturated rings. The number of anilines is 3. The number of alkyl halides is 1. The number of nitrogen functional groups attached to an aromatic ring is 1. The number of benzene rings is 1. The number of rotatable bonds is 5. The van der Waals surface area contributed by atoms with E-state index in [1.54, 1.807) is 18.3 Å². The van der Waals surface area contributed by atoms with Gasteiger partial charge in [0.15, 0.2) is 0 Å². The molecule has 3 rings (SSSR count). The van der Waals surface area contributed by atoms with Gasteiger partial charge < -0.3 is 21.7 Å². The van der Waals surface area contributed by atoms with Crippen LogP contribution in [0.2, 0.25) is 0 Å². The fourth-order valence-corrected chi connectivity index (χ4v) is 2.37. The smallest absolute Gasteiger partial charge is 0.275 e. The van der Waals surface area contributed by atoms with Gasteiger partial charge in [0.25, 0.3) is 5.91 Å². The van der Waals surface area contributed by atoms with Crippen molar-refractivity contribution in [3.05, 3.63) is 59.8 Å². The lowest BCUT2D eigenvalue weighted by molar-refractivity contribution is -0.112. The standard InChI is InChI=1S/C17H16ClFN6O/c18-15-9-23-14(8-24-15)17(26)25-11-3-4-12(19)10(6-11)7-22-13-2-1-5-21-16(13)20/h1-6,8-9,15,22,24H,7H2,(H2,20,21)(H,25,26). The third-order valence-electron chi connectivity index (χ3n) is 3.57. The SMILES string of the molecule is Nc1ncccc1NCc1cc(NC(=O)C2=CNC(Cl)C=N2)ccc1F. The average molecular weight is 375 g/mol.